The molecule has 0 spiro atoms. The normalized spacial score (nSPS) is 14.4. The fourth-order valence-electron chi connectivity index (χ4n) is 10.5. The lowest BCUT2D eigenvalue weighted by Gasteiger charge is -2.22. The maximum absolute atomic E-state index is 13.2. The molecule has 3 amide bonds. The van der Waals surface area contributed by atoms with Crippen molar-refractivity contribution in [3.8, 4) is 0 Å². The van der Waals surface area contributed by atoms with Crippen molar-refractivity contribution >= 4 is 45.5 Å². The fraction of sp³-hybridized carbons (Fsp3) is 0.333. The second-order valence-electron chi connectivity index (χ2n) is 22.7. The van der Waals surface area contributed by atoms with Crippen LogP contribution in [0.3, 0.4) is 0 Å². The lowest BCUT2D eigenvalue weighted by Crippen LogP contribution is -2.35. The number of benzene rings is 6. The first-order valence-electron chi connectivity index (χ1n) is 26.8. The third-order valence-electron chi connectivity index (χ3n) is 16.5. The first-order chi connectivity index (χ1) is 36.1. The minimum absolute atomic E-state index is 0.0672. The topological polar surface area (TPSA) is 148 Å². The zero-order chi connectivity index (χ0) is 54.4. The van der Waals surface area contributed by atoms with Crippen molar-refractivity contribution in [2.75, 3.05) is 0 Å². The largest absolute Gasteiger partial charge is 0.481 e. The number of carbonyl (C=O) groups excluding carboxylic acids is 3. The molecule has 2 aromatic heterocycles. The number of hydrogen-bond donors (Lipinski definition) is 4. The lowest BCUT2D eigenvalue weighted by molar-refractivity contribution is -0.142. The van der Waals surface area contributed by atoms with Gasteiger partial charge in [-0.1, -0.05) is 97.1 Å². The number of aromatic nitrogens is 2. The Bertz CT molecular complexity index is 3320. The molecule has 0 bridgehead atoms. The zero-order valence-corrected chi connectivity index (χ0v) is 45.8. The highest BCUT2D eigenvalue weighted by molar-refractivity contribution is 6.00. The minimum Gasteiger partial charge on any atom is -0.481 e. The van der Waals surface area contributed by atoms with Crippen molar-refractivity contribution in [1.29, 1.82) is 0 Å². The molecule has 10 nitrogen and oxygen atoms in total. The van der Waals surface area contributed by atoms with E-state index in [0.29, 0.717) is 36.1 Å². The Morgan fingerprint density at radius 3 is 1.33 bits per heavy atom. The van der Waals surface area contributed by atoms with E-state index in [-0.39, 0.29) is 29.8 Å². The second-order valence-corrected chi connectivity index (χ2v) is 22.7. The molecule has 0 radical (unpaired) electrons. The van der Waals surface area contributed by atoms with Crippen LogP contribution in [0.15, 0.2) is 133 Å². The van der Waals surface area contributed by atoms with Gasteiger partial charge >= 0.3 is 5.97 Å². The summed E-state index contributed by atoms with van der Waals surface area (Å²) < 4.78 is 4.51. The van der Waals surface area contributed by atoms with Gasteiger partial charge in [-0.05, 0) is 199 Å². The minimum atomic E-state index is -0.960. The summed E-state index contributed by atoms with van der Waals surface area (Å²) in [6.07, 6.45) is 5.04. The lowest BCUT2D eigenvalue weighted by atomic mass is 9.83. The van der Waals surface area contributed by atoms with Crippen molar-refractivity contribution in [2.24, 2.45) is 5.73 Å². The summed E-state index contributed by atoms with van der Waals surface area (Å²) in [4.78, 5) is 50.2. The first-order valence-corrected chi connectivity index (χ1v) is 26.8. The van der Waals surface area contributed by atoms with Crippen LogP contribution in [-0.4, -0.2) is 37.9 Å². The quantitative estimate of drug-likeness (QED) is 0.0761. The van der Waals surface area contributed by atoms with Gasteiger partial charge in [0.15, 0.2) is 0 Å². The molecule has 0 saturated heterocycles. The van der Waals surface area contributed by atoms with E-state index < -0.39 is 16.8 Å². The SMILES string of the molecule is Cc1c(C)n(Cc2cccc(C(C)(C)C(=O)O)c2)c2ccc(C(=O)N[C@@H](C)c3cccc(C4CC4)c3)cc12.Cc1c(C)n(Cc2cccc(C(C)(C)C(N)=O)c2)c2ccc(C(=O)N[C@@H](C)c3cccc(C4CC4)c3)cc12. The van der Waals surface area contributed by atoms with Gasteiger partial charge in [0.2, 0.25) is 5.91 Å². The van der Waals surface area contributed by atoms with Crippen LogP contribution in [0.2, 0.25) is 0 Å². The monoisotopic (exact) mass is 1020 g/mol. The van der Waals surface area contributed by atoms with Crippen LogP contribution in [0.1, 0.15) is 179 Å². The van der Waals surface area contributed by atoms with Gasteiger partial charge in [-0.15, -0.1) is 0 Å². The van der Waals surface area contributed by atoms with Crippen LogP contribution in [-0.2, 0) is 33.5 Å². The van der Waals surface area contributed by atoms with Crippen LogP contribution in [0.25, 0.3) is 21.8 Å². The summed E-state index contributed by atoms with van der Waals surface area (Å²) in [5.74, 6) is 0.0361. The predicted molar refractivity (Wildman–Crippen MR) is 305 cm³/mol. The van der Waals surface area contributed by atoms with Gasteiger partial charge in [0.25, 0.3) is 11.8 Å². The summed E-state index contributed by atoms with van der Waals surface area (Å²) in [5, 5.41) is 18.2. The standard InChI is InChI=1S/C33H37N3O2.C33H36N2O3/c1-20-22(3)36(19-23-8-6-11-28(16-23)33(4,5)32(34)38)30-15-14-27(18-29(20)30)31(37)35-21(2)25-9-7-10-26(17-25)24-12-13-24;1-20-22(3)35(19-23-8-6-11-28(16-23)33(4,5)32(37)38)30-15-14-27(18-29(20)30)31(36)34-21(2)25-9-7-10-26(17-25)24-12-13-24/h6-11,14-18,21,24H,12-13,19H2,1-5H3,(H2,34,38)(H,35,37);6-11,14-18,21,24H,12-13,19H2,1-5H3,(H,34,36)(H,37,38)/t2*21-/m00/s1. The molecular weight excluding hydrogens is 943 g/mol. The number of aliphatic carboxylic acids is 1. The van der Waals surface area contributed by atoms with Gasteiger partial charge in [-0.25, -0.2) is 0 Å². The molecule has 76 heavy (non-hydrogen) atoms. The summed E-state index contributed by atoms with van der Waals surface area (Å²) in [7, 11) is 0. The number of carbonyl (C=O) groups is 4. The Kier molecular flexibility index (Phi) is 14.8. The molecular formula is C66H73N5O5. The molecule has 2 aliphatic carbocycles. The number of carboxylic acids is 1. The highest BCUT2D eigenvalue weighted by Gasteiger charge is 2.31. The summed E-state index contributed by atoms with van der Waals surface area (Å²) >= 11 is 0. The van der Waals surface area contributed by atoms with Gasteiger partial charge in [0, 0.05) is 57.4 Å². The Balaban J connectivity index is 0.000000186. The van der Waals surface area contributed by atoms with Crippen LogP contribution < -0.4 is 16.4 Å². The van der Waals surface area contributed by atoms with Gasteiger partial charge in [0.1, 0.15) is 0 Å². The van der Waals surface area contributed by atoms with Crippen LogP contribution in [0.5, 0.6) is 0 Å². The highest BCUT2D eigenvalue weighted by Crippen LogP contribution is 2.42. The van der Waals surface area contributed by atoms with Gasteiger partial charge < -0.3 is 30.6 Å². The number of rotatable bonds is 16. The Labute approximate surface area is 447 Å². The van der Waals surface area contributed by atoms with Crippen molar-refractivity contribution in [3.05, 3.63) is 212 Å². The van der Waals surface area contributed by atoms with E-state index in [9.17, 15) is 24.3 Å². The number of aryl methyl sites for hydroxylation is 2. The number of amides is 3. The Hall–Kier alpha value is -7.72. The molecule has 8 aromatic rings. The number of hydrogen-bond acceptors (Lipinski definition) is 4. The predicted octanol–water partition coefficient (Wildman–Crippen LogP) is 13.5. The number of carboxylic acid groups (broad SMARTS) is 1. The molecule has 2 saturated carbocycles. The smallest absolute Gasteiger partial charge is 0.313 e. The van der Waals surface area contributed by atoms with Crippen molar-refractivity contribution in [3.63, 3.8) is 0 Å². The molecule has 5 N–H and O–H groups in total. The summed E-state index contributed by atoms with van der Waals surface area (Å²) in [5.41, 5.74) is 20.8. The zero-order valence-electron chi connectivity index (χ0n) is 45.8. The molecule has 10 heteroatoms. The Morgan fingerprint density at radius 1 is 0.553 bits per heavy atom. The van der Waals surface area contributed by atoms with Crippen molar-refractivity contribution in [2.45, 2.75) is 143 Å². The second kappa shape index (κ2) is 21.1. The van der Waals surface area contributed by atoms with E-state index in [2.05, 4.69) is 108 Å². The molecule has 2 atom stereocenters. The molecule has 2 fully saturated rings. The number of nitrogens with one attached hydrogen (secondary N) is 2. The fourth-order valence-corrected chi connectivity index (χ4v) is 10.5. The Morgan fingerprint density at radius 2 is 0.947 bits per heavy atom. The van der Waals surface area contributed by atoms with Gasteiger partial charge in [0.05, 0.1) is 22.9 Å². The summed E-state index contributed by atoms with van der Waals surface area (Å²) in [6.45, 7) is 20.9. The van der Waals surface area contributed by atoms with E-state index >= 15 is 0 Å². The van der Waals surface area contributed by atoms with Gasteiger partial charge in [-0.2, -0.15) is 0 Å². The molecule has 0 aliphatic heterocycles. The van der Waals surface area contributed by atoms with E-state index in [1.807, 2.05) is 100 Å². The number of nitrogens with two attached hydrogens (primary N) is 1. The molecule has 392 valence electrons. The third kappa shape index (κ3) is 11.0. The number of nitrogens with zero attached hydrogens (tertiary/aromatic N) is 2. The maximum Gasteiger partial charge on any atom is 0.313 e. The first kappa shape index (κ1) is 53.1. The van der Waals surface area contributed by atoms with Gasteiger partial charge in [-0.3, -0.25) is 19.2 Å². The van der Waals surface area contributed by atoms with E-state index in [1.165, 1.54) is 36.8 Å². The van der Waals surface area contributed by atoms with Crippen LogP contribution in [0.4, 0.5) is 0 Å². The molecule has 6 aromatic carbocycles. The average molecular weight is 1020 g/mol. The third-order valence-corrected chi connectivity index (χ3v) is 16.5. The van der Waals surface area contributed by atoms with Crippen LogP contribution in [0, 0.1) is 27.7 Å². The molecule has 0 unspecified atom stereocenters. The van der Waals surface area contributed by atoms with E-state index in [4.69, 9.17) is 5.73 Å². The van der Waals surface area contributed by atoms with E-state index in [0.717, 1.165) is 77.7 Å². The van der Waals surface area contributed by atoms with Crippen molar-refractivity contribution in [1.82, 2.24) is 19.8 Å². The number of primary amides is 1. The highest BCUT2D eigenvalue weighted by atomic mass is 16.4. The summed E-state index contributed by atoms with van der Waals surface area (Å²) in [6, 6.07) is 44.8. The van der Waals surface area contributed by atoms with Crippen LogP contribution >= 0.6 is 0 Å². The van der Waals surface area contributed by atoms with E-state index in [1.54, 1.807) is 13.8 Å². The molecule has 10 rings (SSSR count). The van der Waals surface area contributed by atoms with Crippen molar-refractivity contribution < 1.29 is 24.3 Å². The molecule has 2 aliphatic rings. The molecule has 2 heterocycles. The number of fused-ring (bicyclic) bond motifs is 2. The maximum atomic E-state index is 13.2. The average Bonchev–Trinajstić information content (AvgIpc) is 4.38.